The molecule has 0 saturated heterocycles. The molecular formula is C13H12Cl7. The molecular weight excluding hydrogens is 404 g/mol. The molecule has 0 nitrogen and oxygen atoms in total. The zero-order valence-corrected chi connectivity index (χ0v) is 15.9. The molecule has 0 aliphatic heterocycles. The molecule has 0 heterocycles. The molecule has 0 atom stereocenters. The summed E-state index contributed by atoms with van der Waals surface area (Å²) in [5.41, 5.74) is 1.26. The maximum absolute atomic E-state index is 6.35. The molecule has 0 amide bonds. The highest BCUT2D eigenvalue weighted by Crippen LogP contribution is 2.61. The van der Waals surface area contributed by atoms with Gasteiger partial charge in [0.2, 0.25) is 8.13 Å². The normalized spacial score (nSPS) is 13.9. The SMILES string of the molecule is CC(C)[CH]c1ccccc1C(Cl)(Cl)C(Cl)(Cl)C(Cl)(Cl)Cl. The first kappa shape index (κ1) is 19.3. The summed E-state index contributed by atoms with van der Waals surface area (Å²) >= 11 is 42.4. The molecule has 113 valence electrons. The fourth-order valence-electron chi connectivity index (χ4n) is 1.63. The van der Waals surface area contributed by atoms with Crippen LogP contribution in [0.15, 0.2) is 24.3 Å². The predicted molar refractivity (Wildman–Crippen MR) is 92.8 cm³/mol. The third-order valence-electron chi connectivity index (χ3n) is 2.56. The van der Waals surface area contributed by atoms with E-state index < -0.39 is 12.5 Å². The molecule has 7 heteroatoms. The lowest BCUT2D eigenvalue weighted by Crippen LogP contribution is -2.45. The Morgan fingerprint density at radius 1 is 0.900 bits per heavy atom. The lowest BCUT2D eigenvalue weighted by atomic mass is 9.95. The molecule has 1 rings (SSSR count). The summed E-state index contributed by atoms with van der Waals surface area (Å²) in [6.07, 6.45) is 1.97. The van der Waals surface area contributed by atoms with Crippen LogP contribution >= 0.6 is 81.2 Å². The average Bonchev–Trinajstić information content (AvgIpc) is 2.26. The van der Waals surface area contributed by atoms with Crippen molar-refractivity contribution in [3.8, 4) is 0 Å². The van der Waals surface area contributed by atoms with Gasteiger partial charge in [0.25, 0.3) is 0 Å². The van der Waals surface area contributed by atoms with E-state index in [2.05, 4.69) is 0 Å². The van der Waals surface area contributed by atoms with Crippen LogP contribution in [0.3, 0.4) is 0 Å². The third-order valence-corrected chi connectivity index (χ3v) is 6.49. The molecule has 0 bridgehead atoms. The van der Waals surface area contributed by atoms with Gasteiger partial charge in [0.05, 0.1) is 0 Å². The van der Waals surface area contributed by atoms with Crippen molar-refractivity contribution in [1.82, 2.24) is 0 Å². The zero-order valence-electron chi connectivity index (χ0n) is 10.6. The second-order valence-corrected chi connectivity index (χ2v) is 9.58. The van der Waals surface area contributed by atoms with Crippen LogP contribution in [0.5, 0.6) is 0 Å². The minimum atomic E-state index is -2.06. The van der Waals surface area contributed by atoms with Gasteiger partial charge < -0.3 is 0 Å². The largest absolute Gasteiger partial charge is 0.226 e. The van der Waals surface area contributed by atoms with Gasteiger partial charge in [-0.15, -0.1) is 0 Å². The van der Waals surface area contributed by atoms with Crippen molar-refractivity contribution >= 4 is 81.2 Å². The van der Waals surface area contributed by atoms with Crippen LogP contribution in [0.1, 0.15) is 25.0 Å². The Labute approximate surface area is 154 Å². The molecule has 0 spiro atoms. The summed E-state index contributed by atoms with van der Waals surface area (Å²) in [5, 5.41) is 0. The van der Waals surface area contributed by atoms with Crippen molar-refractivity contribution in [2.75, 3.05) is 0 Å². The van der Waals surface area contributed by atoms with Crippen molar-refractivity contribution < 1.29 is 0 Å². The van der Waals surface area contributed by atoms with Crippen LogP contribution < -0.4 is 0 Å². The van der Waals surface area contributed by atoms with Crippen molar-refractivity contribution in [1.29, 1.82) is 0 Å². The lowest BCUT2D eigenvalue weighted by molar-refractivity contribution is 0.688. The highest BCUT2D eigenvalue weighted by molar-refractivity contribution is 6.78. The monoisotopic (exact) mass is 413 g/mol. The van der Waals surface area contributed by atoms with E-state index in [-0.39, 0.29) is 5.92 Å². The molecule has 20 heavy (non-hydrogen) atoms. The molecule has 1 aromatic carbocycles. The first-order valence-electron chi connectivity index (χ1n) is 5.68. The Morgan fingerprint density at radius 2 is 1.40 bits per heavy atom. The van der Waals surface area contributed by atoms with Gasteiger partial charge in [-0.2, -0.15) is 0 Å². The fourth-order valence-corrected chi connectivity index (χ4v) is 3.18. The lowest BCUT2D eigenvalue weighted by Gasteiger charge is -2.38. The van der Waals surface area contributed by atoms with Crippen LogP contribution in [0.2, 0.25) is 0 Å². The minimum Gasteiger partial charge on any atom is -0.0930 e. The van der Waals surface area contributed by atoms with Gasteiger partial charge in [-0.05, 0) is 23.5 Å². The van der Waals surface area contributed by atoms with E-state index in [1.807, 2.05) is 32.4 Å². The van der Waals surface area contributed by atoms with E-state index >= 15 is 0 Å². The molecule has 1 radical (unpaired) electrons. The summed E-state index contributed by atoms with van der Waals surface area (Å²) < 4.78 is -5.90. The Kier molecular flexibility index (Phi) is 6.55. The number of benzene rings is 1. The molecule has 0 aliphatic rings. The van der Waals surface area contributed by atoms with Gasteiger partial charge in [0.1, 0.15) is 0 Å². The number of hydrogen-bond acceptors (Lipinski definition) is 0. The van der Waals surface area contributed by atoms with Crippen molar-refractivity contribution in [2.45, 2.75) is 26.3 Å². The summed E-state index contributed by atoms with van der Waals surface area (Å²) in [4.78, 5) is 0. The van der Waals surface area contributed by atoms with E-state index in [9.17, 15) is 0 Å². The highest BCUT2D eigenvalue weighted by atomic mass is 35.6. The van der Waals surface area contributed by atoms with Crippen molar-refractivity contribution in [3.63, 3.8) is 0 Å². The first-order chi connectivity index (χ1) is 8.91. The molecule has 0 N–H and O–H groups in total. The van der Waals surface area contributed by atoms with Crippen LogP contribution in [-0.4, -0.2) is 8.13 Å². The average molecular weight is 416 g/mol. The Morgan fingerprint density at radius 3 is 1.85 bits per heavy atom. The maximum Gasteiger partial charge on any atom is 0.226 e. The predicted octanol–water partition coefficient (Wildman–Crippen LogP) is 7.07. The molecule has 1 aromatic rings. The zero-order chi connectivity index (χ0) is 15.8. The fraction of sp³-hybridized carbons (Fsp3) is 0.462. The highest BCUT2D eigenvalue weighted by Gasteiger charge is 2.61. The molecule has 0 saturated carbocycles. The van der Waals surface area contributed by atoms with E-state index in [0.29, 0.717) is 5.56 Å². The van der Waals surface area contributed by atoms with Gasteiger partial charge in [-0.1, -0.05) is 119 Å². The molecule has 0 unspecified atom stereocenters. The van der Waals surface area contributed by atoms with E-state index in [1.54, 1.807) is 12.1 Å². The smallest absolute Gasteiger partial charge is 0.0930 e. The molecule has 0 aliphatic carbocycles. The number of rotatable bonds is 4. The van der Waals surface area contributed by atoms with Gasteiger partial charge in [-0.3, -0.25) is 0 Å². The van der Waals surface area contributed by atoms with E-state index in [1.165, 1.54) is 0 Å². The van der Waals surface area contributed by atoms with Gasteiger partial charge >= 0.3 is 0 Å². The second-order valence-electron chi connectivity index (χ2n) is 4.64. The Bertz CT molecular complexity index is 460. The minimum absolute atomic E-state index is 0.271. The Balaban J connectivity index is 3.35. The van der Waals surface area contributed by atoms with E-state index in [0.717, 1.165) is 5.56 Å². The summed E-state index contributed by atoms with van der Waals surface area (Å²) in [6.45, 7) is 4.04. The van der Waals surface area contributed by atoms with Crippen LogP contribution in [0.25, 0.3) is 0 Å². The number of alkyl halides is 7. The quantitative estimate of drug-likeness (QED) is 0.461. The molecule has 0 aromatic heterocycles. The van der Waals surface area contributed by atoms with Gasteiger partial charge in [0.15, 0.2) is 4.33 Å². The van der Waals surface area contributed by atoms with Crippen LogP contribution in [-0.2, 0) is 4.33 Å². The second kappa shape index (κ2) is 6.79. The summed E-state index contributed by atoms with van der Waals surface area (Å²) in [7, 11) is 0. The van der Waals surface area contributed by atoms with Gasteiger partial charge in [0, 0.05) is 0 Å². The van der Waals surface area contributed by atoms with Gasteiger partial charge in [-0.25, -0.2) is 0 Å². The number of hydrogen-bond donors (Lipinski definition) is 0. The maximum atomic E-state index is 6.35. The Hall–Kier alpha value is 1.25. The van der Waals surface area contributed by atoms with Crippen LogP contribution in [0, 0.1) is 12.3 Å². The molecule has 0 fully saturated rings. The topological polar surface area (TPSA) is 0 Å². The van der Waals surface area contributed by atoms with Crippen molar-refractivity contribution in [3.05, 3.63) is 41.8 Å². The number of halogens is 7. The van der Waals surface area contributed by atoms with Crippen LogP contribution in [0.4, 0.5) is 0 Å². The summed E-state index contributed by atoms with van der Waals surface area (Å²) in [5.74, 6) is 0.271. The standard InChI is InChI=1S/C13H12Cl7/c1-8(2)7-9-5-3-4-6-10(9)11(14,15)12(16,17)13(18,19)20/h3-8H,1-2H3. The van der Waals surface area contributed by atoms with Crippen molar-refractivity contribution in [2.24, 2.45) is 5.92 Å². The first-order valence-corrected chi connectivity index (χ1v) is 8.32. The van der Waals surface area contributed by atoms with E-state index in [4.69, 9.17) is 81.2 Å². The third kappa shape index (κ3) is 3.96. The summed E-state index contributed by atoms with van der Waals surface area (Å²) in [6, 6.07) is 7.15.